The van der Waals surface area contributed by atoms with Crippen molar-refractivity contribution in [3.05, 3.63) is 108 Å². The number of phenolic OH excluding ortho intramolecular Hbond substituents is 1. The lowest BCUT2D eigenvalue weighted by molar-refractivity contribution is -0.127. The number of aromatic hydroxyl groups is 1. The first kappa shape index (κ1) is 28.9. The van der Waals surface area contributed by atoms with Gasteiger partial charge in [-0.2, -0.15) is 0 Å². The highest BCUT2D eigenvalue weighted by Crippen LogP contribution is 2.50. The van der Waals surface area contributed by atoms with Crippen molar-refractivity contribution >= 4 is 24.4 Å². The van der Waals surface area contributed by atoms with Crippen LogP contribution in [0.25, 0.3) is 6.08 Å². The molecule has 0 aromatic heterocycles. The van der Waals surface area contributed by atoms with E-state index in [0.29, 0.717) is 17.7 Å². The molecular formula is C34H41ClN2O2. The van der Waals surface area contributed by atoms with Crippen molar-refractivity contribution in [2.24, 2.45) is 5.92 Å². The Labute approximate surface area is 239 Å². The summed E-state index contributed by atoms with van der Waals surface area (Å²) in [6, 6.07) is 28.7. The van der Waals surface area contributed by atoms with E-state index in [-0.39, 0.29) is 29.8 Å². The van der Waals surface area contributed by atoms with Gasteiger partial charge in [-0.3, -0.25) is 9.69 Å². The number of nitrogens with zero attached hydrogens (tertiary/aromatic N) is 1. The van der Waals surface area contributed by atoms with Crippen molar-refractivity contribution in [1.82, 2.24) is 10.2 Å². The molecule has 1 saturated carbocycles. The fourth-order valence-electron chi connectivity index (χ4n) is 6.70. The Kier molecular flexibility index (Phi) is 8.88. The Balaban J connectivity index is 0.00000353. The minimum Gasteiger partial charge on any atom is -0.508 e. The molecule has 1 amide bonds. The second-order valence-electron chi connectivity index (χ2n) is 11.8. The highest BCUT2D eigenvalue weighted by molar-refractivity contribution is 5.87. The van der Waals surface area contributed by atoms with Crippen LogP contribution in [0.3, 0.4) is 0 Å². The molecule has 5 heteroatoms. The number of fused-ring (bicyclic) bond motifs is 2. The summed E-state index contributed by atoms with van der Waals surface area (Å²) in [7, 11) is 0. The smallest absolute Gasteiger partial charge is 0.230 e. The first-order valence-corrected chi connectivity index (χ1v) is 13.9. The Morgan fingerprint density at radius 3 is 2.41 bits per heavy atom. The molecule has 2 bridgehead atoms. The lowest BCUT2D eigenvalue weighted by atomic mass is 9.57. The van der Waals surface area contributed by atoms with E-state index in [2.05, 4.69) is 59.6 Å². The number of nitrogens with one attached hydrogen (secondary N) is 1. The molecule has 206 valence electrons. The van der Waals surface area contributed by atoms with Crippen molar-refractivity contribution in [2.75, 3.05) is 13.1 Å². The van der Waals surface area contributed by atoms with Crippen molar-refractivity contribution in [2.45, 2.75) is 62.9 Å². The SMILES string of the molecule is C[C@H]1CN(C/C=C/c2ccccc2)[C@@H]2C[C@@H](NC(=O)C(C)(C)c3ccccc3)C[C@@]1(c1cccc(O)c1)C2.Cl. The van der Waals surface area contributed by atoms with Gasteiger partial charge in [0.15, 0.2) is 0 Å². The monoisotopic (exact) mass is 544 g/mol. The van der Waals surface area contributed by atoms with E-state index in [4.69, 9.17) is 0 Å². The molecule has 0 unspecified atom stereocenters. The molecule has 39 heavy (non-hydrogen) atoms. The molecule has 5 rings (SSSR count). The van der Waals surface area contributed by atoms with Gasteiger partial charge in [0.05, 0.1) is 5.41 Å². The van der Waals surface area contributed by atoms with E-state index in [1.807, 2.05) is 62.4 Å². The standard InChI is InChI=1S/C34H40N2O2.ClH/c1-25-24-36(19-11-14-26-12-6-4-7-13-26)30-21-29(22-34(25,23-30)28-17-10-18-31(37)20-28)35-32(38)33(2,3)27-15-8-5-9-16-27;/h4-18,20,25,29-30,37H,19,21-24H2,1-3H3,(H,35,38);1H/b14-11+;/t25-,29+,30+,34+;/m0./s1. The van der Waals surface area contributed by atoms with Gasteiger partial charge >= 0.3 is 0 Å². The molecule has 2 fully saturated rings. The molecule has 1 saturated heterocycles. The molecule has 1 aliphatic heterocycles. The highest BCUT2D eigenvalue weighted by Gasteiger charge is 2.51. The second-order valence-corrected chi connectivity index (χ2v) is 11.8. The Morgan fingerprint density at radius 1 is 1.03 bits per heavy atom. The molecule has 3 aromatic carbocycles. The molecule has 4 nitrogen and oxygen atoms in total. The number of amides is 1. The molecule has 2 aliphatic rings. The van der Waals surface area contributed by atoms with Gasteiger partial charge < -0.3 is 10.4 Å². The third-order valence-electron chi connectivity index (χ3n) is 9.00. The molecule has 0 spiro atoms. The Hall–Kier alpha value is -3.08. The van der Waals surface area contributed by atoms with Gasteiger partial charge in [-0.25, -0.2) is 0 Å². The van der Waals surface area contributed by atoms with Crippen molar-refractivity contribution in [3.8, 4) is 5.75 Å². The minimum atomic E-state index is -0.615. The topological polar surface area (TPSA) is 52.6 Å². The van der Waals surface area contributed by atoms with Crippen LogP contribution >= 0.6 is 12.4 Å². The summed E-state index contributed by atoms with van der Waals surface area (Å²) in [5.41, 5.74) is 2.72. The first-order valence-electron chi connectivity index (χ1n) is 13.9. The van der Waals surface area contributed by atoms with Gasteiger partial charge in [0, 0.05) is 30.6 Å². The number of benzene rings is 3. The second kappa shape index (κ2) is 12.0. The van der Waals surface area contributed by atoms with E-state index in [9.17, 15) is 9.90 Å². The van der Waals surface area contributed by atoms with E-state index >= 15 is 0 Å². The zero-order valence-electron chi connectivity index (χ0n) is 23.2. The van der Waals surface area contributed by atoms with E-state index < -0.39 is 5.41 Å². The van der Waals surface area contributed by atoms with Gasteiger partial charge in [-0.1, -0.05) is 91.9 Å². The number of rotatable bonds is 7. The molecule has 0 radical (unpaired) electrons. The number of halogens is 1. The molecule has 1 heterocycles. The third kappa shape index (κ3) is 6.08. The molecule has 2 N–H and O–H groups in total. The molecular weight excluding hydrogens is 504 g/mol. The fraction of sp³-hybridized carbons (Fsp3) is 0.382. The average molecular weight is 545 g/mol. The number of hydrogen-bond donors (Lipinski definition) is 2. The Bertz CT molecular complexity index is 1280. The maximum atomic E-state index is 13.7. The van der Waals surface area contributed by atoms with Crippen LogP contribution in [0, 0.1) is 5.92 Å². The summed E-state index contributed by atoms with van der Waals surface area (Å²) in [6.45, 7) is 8.24. The largest absolute Gasteiger partial charge is 0.508 e. The van der Waals surface area contributed by atoms with Gasteiger partial charge in [0.1, 0.15) is 5.75 Å². The summed E-state index contributed by atoms with van der Waals surface area (Å²) >= 11 is 0. The van der Waals surface area contributed by atoms with Crippen LogP contribution in [0.2, 0.25) is 0 Å². The highest BCUT2D eigenvalue weighted by atomic mass is 35.5. The number of phenols is 1. The molecule has 3 aromatic rings. The number of carbonyl (C=O) groups excluding carboxylic acids is 1. The zero-order valence-corrected chi connectivity index (χ0v) is 24.0. The molecule has 1 aliphatic carbocycles. The maximum absolute atomic E-state index is 13.7. The summed E-state index contributed by atoms with van der Waals surface area (Å²) in [5, 5.41) is 13.8. The van der Waals surface area contributed by atoms with E-state index in [1.54, 1.807) is 6.07 Å². The third-order valence-corrected chi connectivity index (χ3v) is 9.00. The number of likely N-dealkylation sites (tertiary alicyclic amines) is 1. The van der Waals surface area contributed by atoms with Crippen LogP contribution in [0.1, 0.15) is 56.7 Å². The maximum Gasteiger partial charge on any atom is 0.230 e. The van der Waals surface area contributed by atoms with Crippen molar-refractivity contribution in [1.29, 1.82) is 0 Å². The number of hydrogen-bond acceptors (Lipinski definition) is 3. The summed E-state index contributed by atoms with van der Waals surface area (Å²) in [5.74, 6) is 0.764. The number of carbonyl (C=O) groups is 1. The van der Waals surface area contributed by atoms with Crippen LogP contribution in [-0.2, 0) is 15.6 Å². The average Bonchev–Trinajstić information content (AvgIpc) is 2.92. The van der Waals surface area contributed by atoms with Crippen LogP contribution in [0.4, 0.5) is 0 Å². The van der Waals surface area contributed by atoms with Crippen LogP contribution in [-0.4, -0.2) is 41.1 Å². The summed E-state index contributed by atoms with van der Waals surface area (Å²) < 4.78 is 0. The zero-order chi connectivity index (χ0) is 26.8. The lowest BCUT2D eigenvalue weighted by Crippen LogP contribution is -2.62. The van der Waals surface area contributed by atoms with Crippen LogP contribution in [0.15, 0.2) is 91.0 Å². The van der Waals surface area contributed by atoms with Gasteiger partial charge in [0.25, 0.3) is 0 Å². The van der Waals surface area contributed by atoms with Crippen molar-refractivity contribution in [3.63, 3.8) is 0 Å². The van der Waals surface area contributed by atoms with Gasteiger partial charge in [-0.15, -0.1) is 12.4 Å². The lowest BCUT2D eigenvalue weighted by Gasteiger charge is -2.56. The Morgan fingerprint density at radius 2 is 1.72 bits per heavy atom. The van der Waals surface area contributed by atoms with Crippen molar-refractivity contribution < 1.29 is 9.90 Å². The van der Waals surface area contributed by atoms with Crippen LogP contribution < -0.4 is 5.32 Å². The van der Waals surface area contributed by atoms with Gasteiger partial charge in [0.2, 0.25) is 5.91 Å². The molecule has 4 atom stereocenters. The first-order chi connectivity index (χ1) is 18.3. The van der Waals surface area contributed by atoms with E-state index in [0.717, 1.165) is 37.9 Å². The summed E-state index contributed by atoms with van der Waals surface area (Å²) in [6.07, 6.45) is 7.32. The fourth-order valence-corrected chi connectivity index (χ4v) is 6.70. The minimum absolute atomic E-state index is 0. The van der Waals surface area contributed by atoms with E-state index in [1.165, 1.54) is 11.1 Å². The van der Waals surface area contributed by atoms with Gasteiger partial charge in [-0.05, 0) is 67.9 Å². The number of piperidine rings is 1. The predicted molar refractivity (Wildman–Crippen MR) is 162 cm³/mol. The van der Waals surface area contributed by atoms with Crippen LogP contribution in [0.5, 0.6) is 5.75 Å². The normalized spacial score (nSPS) is 25.2. The summed E-state index contributed by atoms with van der Waals surface area (Å²) in [4.78, 5) is 16.3. The predicted octanol–water partition coefficient (Wildman–Crippen LogP) is 6.73. The quantitative estimate of drug-likeness (QED) is 0.346.